The van der Waals surface area contributed by atoms with Gasteiger partial charge in [-0.1, -0.05) is 18.5 Å². The Hall–Kier alpha value is -1.66. The van der Waals surface area contributed by atoms with Crippen LogP contribution in [-0.2, 0) is 6.42 Å². The maximum atomic E-state index is 12.6. The molecule has 0 bridgehead atoms. The molecule has 2 aromatic heterocycles. The molecule has 1 fully saturated rings. The number of aromatic nitrogens is 2. The molecule has 132 valence electrons. The zero-order valence-corrected chi connectivity index (χ0v) is 15.0. The Balaban J connectivity index is 0.00000208. The summed E-state index contributed by atoms with van der Waals surface area (Å²) in [5.74, 6) is 0.357. The van der Waals surface area contributed by atoms with E-state index in [-0.39, 0.29) is 24.4 Å². The van der Waals surface area contributed by atoms with Gasteiger partial charge in [0.15, 0.2) is 0 Å². The predicted molar refractivity (Wildman–Crippen MR) is 95.6 cm³/mol. The Morgan fingerprint density at radius 2 is 2.25 bits per heavy atom. The molecule has 0 radical (unpaired) electrons. The molecular weight excluding hydrogens is 328 g/mol. The van der Waals surface area contributed by atoms with Crippen LogP contribution in [0, 0.1) is 0 Å². The Bertz CT molecular complexity index is 710. The van der Waals surface area contributed by atoms with Crippen molar-refractivity contribution in [3.8, 4) is 0 Å². The Labute approximate surface area is 148 Å². The molecule has 6 nitrogen and oxygen atoms in total. The van der Waals surface area contributed by atoms with E-state index in [0.29, 0.717) is 23.7 Å². The molecule has 24 heavy (non-hydrogen) atoms. The lowest BCUT2D eigenvalue weighted by molar-refractivity contribution is 0.0954. The van der Waals surface area contributed by atoms with Crippen LogP contribution >= 0.6 is 12.4 Å². The summed E-state index contributed by atoms with van der Waals surface area (Å²) in [6, 6.07) is 1.98. The van der Waals surface area contributed by atoms with Crippen LogP contribution in [0.4, 0.5) is 0 Å². The standard InChI is InChI=1S/C17H24N4O2.ClH/c1-3-4-13-15-12(16(22)19-8-7-10(2)18)9-14(11-5-6-11)20-17(15)23-21-13;/h9-11H,3-8,18H2,1-2H3,(H,19,22);1H. The highest BCUT2D eigenvalue weighted by Gasteiger charge is 2.28. The number of aryl methyl sites for hydroxylation is 1. The first-order valence-corrected chi connectivity index (χ1v) is 8.43. The molecule has 1 atom stereocenters. The van der Waals surface area contributed by atoms with Crippen LogP contribution in [0.3, 0.4) is 0 Å². The fourth-order valence-corrected chi connectivity index (χ4v) is 2.71. The van der Waals surface area contributed by atoms with E-state index in [1.165, 1.54) is 0 Å². The molecule has 0 saturated heterocycles. The molecule has 0 aliphatic heterocycles. The third-order valence-electron chi connectivity index (χ3n) is 4.15. The number of nitrogens with two attached hydrogens (primary N) is 1. The van der Waals surface area contributed by atoms with Crippen LogP contribution in [0.1, 0.15) is 67.2 Å². The third-order valence-corrected chi connectivity index (χ3v) is 4.15. The highest BCUT2D eigenvalue weighted by atomic mass is 35.5. The minimum absolute atomic E-state index is 0. The number of hydrogen-bond donors (Lipinski definition) is 2. The van der Waals surface area contributed by atoms with Gasteiger partial charge in [-0.15, -0.1) is 12.4 Å². The number of nitrogens with zero attached hydrogens (tertiary/aromatic N) is 2. The molecule has 2 aromatic rings. The largest absolute Gasteiger partial charge is 0.352 e. The van der Waals surface area contributed by atoms with Gasteiger partial charge in [0, 0.05) is 24.2 Å². The lowest BCUT2D eigenvalue weighted by atomic mass is 10.0. The maximum Gasteiger partial charge on any atom is 0.259 e. The summed E-state index contributed by atoms with van der Waals surface area (Å²) >= 11 is 0. The molecule has 7 heteroatoms. The summed E-state index contributed by atoms with van der Waals surface area (Å²) in [6.45, 7) is 4.57. The fraction of sp³-hybridized carbons (Fsp3) is 0.588. The van der Waals surface area contributed by atoms with Crippen molar-refractivity contribution in [2.75, 3.05) is 6.54 Å². The van der Waals surface area contributed by atoms with Crippen molar-refractivity contribution in [1.82, 2.24) is 15.5 Å². The van der Waals surface area contributed by atoms with Gasteiger partial charge in [0.2, 0.25) is 0 Å². The minimum Gasteiger partial charge on any atom is -0.352 e. The number of nitrogens with one attached hydrogen (secondary N) is 1. The molecule has 0 spiro atoms. The van der Waals surface area contributed by atoms with Crippen LogP contribution in [0.2, 0.25) is 0 Å². The Morgan fingerprint density at radius 1 is 1.50 bits per heavy atom. The number of halogens is 1. The van der Waals surface area contributed by atoms with Gasteiger partial charge in [0.05, 0.1) is 16.6 Å². The highest BCUT2D eigenvalue weighted by molar-refractivity contribution is 6.06. The number of hydrogen-bond acceptors (Lipinski definition) is 5. The summed E-state index contributed by atoms with van der Waals surface area (Å²) in [6.07, 6.45) is 4.72. The number of carbonyl (C=O) groups is 1. The second-order valence-electron chi connectivity index (χ2n) is 6.45. The second kappa shape index (κ2) is 7.94. The first-order chi connectivity index (χ1) is 11.1. The molecule has 3 N–H and O–H groups in total. The zero-order chi connectivity index (χ0) is 16.4. The lowest BCUT2D eigenvalue weighted by Gasteiger charge is -2.09. The van der Waals surface area contributed by atoms with Crippen molar-refractivity contribution in [2.24, 2.45) is 5.73 Å². The van der Waals surface area contributed by atoms with Crippen molar-refractivity contribution < 1.29 is 9.32 Å². The molecule has 1 aliphatic rings. The van der Waals surface area contributed by atoms with Crippen molar-refractivity contribution in [3.05, 3.63) is 23.0 Å². The highest BCUT2D eigenvalue weighted by Crippen LogP contribution is 2.40. The SMILES string of the molecule is CCCc1noc2nc(C3CC3)cc(C(=O)NCCC(C)N)c12.Cl. The molecule has 1 unspecified atom stereocenters. The zero-order valence-electron chi connectivity index (χ0n) is 14.2. The summed E-state index contributed by atoms with van der Waals surface area (Å²) < 4.78 is 5.39. The fourth-order valence-electron chi connectivity index (χ4n) is 2.71. The van der Waals surface area contributed by atoms with E-state index < -0.39 is 0 Å². The number of amides is 1. The van der Waals surface area contributed by atoms with Crippen molar-refractivity contribution in [3.63, 3.8) is 0 Å². The topological polar surface area (TPSA) is 94.0 Å². The molecule has 1 amide bonds. The van der Waals surface area contributed by atoms with Crippen LogP contribution in [0.25, 0.3) is 11.1 Å². The number of rotatable bonds is 7. The molecule has 1 aliphatic carbocycles. The van der Waals surface area contributed by atoms with Crippen molar-refractivity contribution in [2.45, 2.75) is 57.9 Å². The summed E-state index contributed by atoms with van der Waals surface area (Å²) in [5, 5.41) is 7.83. The van der Waals surface area contributed by atoms with E-state index in [1.54, 1.807) is 0 Å². The van der Waals surface area contributed by atoms with Crippen molar-refractivity contribution in [1.29, 1.82) is 0 Å². The average Bonchev–Trinajstić information content (AvgIpc) is 3.29. The van der Waals surface area contributed by atoms with Gasteiger partial charge < -0.3 is 15.6 Å². The van der Waals surface area contributed by atoms with E-state index in [4.69, 9.17) is 10.3 Å². The minimum atomic E-state index is -0.0968. The lowest BCUT2D eigenvalue weighted by Crippen LogP contribution is -2.29. The maximum absolute atomic E-state index is 12.6. The summed E-state index contributed by atoms with van der Waals surface area (Å²) in [5.41, 5.74) is 8.61. The van der Waals surface area contributed by atoms with E-state index in [1.807, 2.05) is 13.0 Å². The summed E-state index contributed by atoms with van der Waals surface area (Å²) in [7, 11) is 0. The van der Waals surface area contributed by atoms with Crippen LogP contribution in [0.15, 0.2) is 10.6 Å². The quantitative estimate of drug-likeness (QED) is 0.798. The number of carbonyl (C=O) groups excluding carboxylic acids is 1. The van der Waals surface area contributed by atoms with Crippen LogP contribution in [0.5, 0.6) is 0 Å². The van der Waals surface area contributed by atoms with Crippen molar-refractivity contribution >= 4 is 29.4 Å². The normalized spacial score (nSPS) is 15.1. The van der Waals surface area contributed by atoms with E-state index in [9.17, 15) is 4.79 Å². The van der Waals surface area contributed by atoms with Gasteiger partial charge in [-0.25, -0.2) is 4.98 Å². The van der Waals surface area contributed by atoms with Gasteiger partial charge >= 0.3 is 0 Å². The number of pyridine rings is 1. The molecular formula is C17H25ClN4O2. The first kappa shape index (κ1) is 18.7. The molecule has 3 rings (SSSR count). The molecule has 1 saturated carbocycles. The second-order valence-corrected chi connectivity index (χ2v) is 6.45. The summed E-state index contributed by atoms with van der Waals surface area (Å²) in [4.78, 5) is 17.2. The third kappa shape index (κ3) is 4.05. The average molecular weight is 353 g/mol. The van der Waals surface area contributed by atoms with Gasteiger partial charge in [-0.2, -0.15) is 0 Å². The first-order valence-electron chi connectivity index (χ1n) is 8.43. The smallest absolute Gasteiger partial charge is 0.259 e. The molecule has 0 aromatic carbocycles. The van der Waals surface area contributed by atoms with Gasteiger partial charge in [-0.3, -0.25) is 4.79 Å². The predicted octanol–water partition coefficient (Wildman–Crippen LogP) is 2.94. The van der Waals surface area contributed by atoms with Gasteiger partial charge in [-0.05, 0) is 38.7 Å². The van der Waals surface area contributed by atoms with E-state index in [2.05, 4.69) is 22.4 Å². The van der Waals surface area contributed by atoms with Gasteiger partial charge in [0.25, 0.3) is 11.6 Å². The Morgan fingerprint density at radius 3 is 2.88 bits per heavy atom. The van der Waals surface area contributed by atoms with E-state index >= 15 is 0 Å². The van der Waals surface area contributed by atoms with Gasteiger partial charge in [0.1, 0.15) is 0 Å². The van der Waals surface area contributed by atoms with E-state index in [0.717, 1.165) is 48.9 Å². The van der Waals surface area contributed by atoms with Crippen LogP contribution < -0.4 is 11.1 Å². The monoisotopic (exact) mass is 352 g/mol. The number of fused-ring (bicyclic) bond motifs is 1. The Kier molecular flexibility index (Phi) is 6.18. The molecule has 2 heterocycles. The van der Waals surface area contributed by atoms with Crippen LogP contribution in [-0.4, -0.2) is 28.6 Å².